The summed E-state index contributed by atoms with van der Waals surface area (Å²) in [4.78, 5) is 14.4. The van der Waals surface area contributed by atoms with Crippen LogP contribution in [0.3, 0.4) is 0 Å². The predicted octanol–water partition coefficient (Wildman–Crippen LogP) is 1.65. The van der Waals surface area contributed by atoms with E-state index in [1.165, 1.54) is 0 Å². The van der Waals surface area contributed by atoms with E-state index in [1.807, 2.05) is 20.8 Å². The van der Waals surface area contributed by atoms with Crippen LogP contribution < -0.4 is 5.32 Å². The Morgan fingerprint density at radius 3 is 2.44 bits per heavy atom. The zero-order chi connectivity index (χ0) is 13.9. The van der Waals surface area contributed by atoms with Gasteiger partial charge in [-0.15, -0.1) is 0 Å². The number of carbonyl (C=O) groups is 1. The van der Waals surface area contributed by atoms with E-state index in [0.29, 0.717) is 12.1 Å². The molecule has 1 heterocycles. The van der Waals surface area contributed by atoms with E-state index < -0.39 is 5.60 Å². The van der Waals surface area contributed by atoms with Gasteiger partial charge in [-0.3, -0.25) is 9.69 Å². The van der Waals surface area contributed by atoms with Gasteiger partial charge in [-0.1, -0.05) is 0 Å². The monoisotopic (exact) mass is 256 g/mol. The summed E-state index contributed by atoms with van der Waals surface area (Å²) >= 11 is 0. The Hall–Kier alpha value is -0.610. The molecule has 2 atom stereocenters. The summed E-state index contributed by atoms with van der Waals surface area (Å²) < 4.78 is 5.47. The van der Waals surface area contributed by atoms with Gasteiger partial charge in [0.2, 0.25) is 0 Å². The Labute approximate surface area is 111 Å². The van der Waals surface area contributed by atoms with Crippen molar-refractivity contribution in [3.63, 3.8) is 0 Å². The summed E-state index contributed by atoms with van der Waals surface area (Å²) in [5, 5.41) is 3.34. The second-order valence-corrected chi connectivity index (χ2v) is 6.54. The van der Waals surface area contributed by atoms with Gasteiger partial charge in [0.05, 0.1) is 5.92 Å². The lowest BCUT2D eigenvalue weighted by Crippen LogP contribution is -2.51. The molecule has 4 nitrogen and oxygen atoms in total. The van der Waals surface area contributed by atoms with Crippen LogP contribution in [0.5, 0.6) is 0 Å². The number of esters is 1. The van der Waals surface area contributed by atoms with Crippen molar-refractivity contribution in [3.8, 4) is 0 Å². The Balaban J connectivity index is 2.56. The average Bonchev–Trinajstić information content (AvgIpc) is 2.25. The summed E-state index contributed by atoms with van der Waals surface area (Å²) in [6.45, 7) is 11.8. The van der Waals surface area contributed by atoms with Crippen LogP contribution >= 0.6 is 0 Å². The molecular weight excluding hydrogens is 228 g/mol. The molecule has 0 unspecified atom stereocenters. The van der Waals surface area contributed by atoms with Crippen molar-refractivity contribution < 1.29 is 9.53 Å². The highest BCUT2D eigenvalue weighted by atomic mass is 16.6. The molecule has 0 saturated carbocycles. The number of hydrogen-bond acceptors (Lipinski definition) is 4. The van der Waals surface area contributed by atoms with Crippen LogP contribution in [0, 0.1) is 5.92 Å². The Morgan fingerprint density at radius 2 is 1.94 bits per heavy atom. The smallest absolute Gasteiger partial charge is 0.310 e. The molecule has 0 amide bonds. The highest BCUT2D eigenvalue weighted by molar-refractivity contribution is 5.73. The second-order valence-electron chi connectivity index (χ2n) is 6.54. The van der Waals surface area contributed by atoms with Gasteiger partial charge < -0.3 is 10.1 Å². The number of nitrogens with one attached hydrogen (secondary N) is 1. The molecule has 18 heavy (non-hydrogen) atoms. The highest BCUT2D eigenvalue weighted by Gasteiger charge is 2.32. The standard InChI is InChI=1S/C14H28N2O2/c1-10(2)16(6)12-7-11(8-15-9-12)13(17)18-14(3,4)5/h10-12,15H,7-9H2,1-6H3/t11-,12-/m0/s1. The van der Waals surface area contributed by atoms with Crippen LogP contribution in [-0.2, 0) is 9.53 Å². The van der Waals surface area contributed by atoms with E-state index in [9.17, 15) is 4.79 Å². The second kappa shape index (κ2) is 6.02. The van der Waals surface area contributed by atoms with Gasteiger partial charge in [0.1, 0.15) is 5.60 Å². The van der Waals surface area contributed by atoms with Crippen molar-refractivity contribution >= 4 is 5.97 Å². The van der Waals surface area contributed by atoms with Crippen molar-refractivity contribution in [3.05, 3.63) is 0 Å². The molecule has 106 valence electrons. The molecule has 0 aromatic rings. The lowest BCUT2D eigenvalue weighted by molar-refractivity contribution is -0.161. The normalized spacial score (nSPS) is 25.6. The van der Waals surface area contributed by atoms with Crippen LogP contribution in [0.1, 0.15) is 41.0 Å². The van der Waals surface area contributed by atoms with Crippen LogP contribution in [0.25, 0.3) is 0 Å². The zero-order valence-corrected chi connectivity index (χ0v) is 12.6. The molecule has 1 aliphatic heterocycles. The molecule has 0 aliphatic carbocycles. The molecule has 4 heteroatoms. The molecule has 1 rings (SSSR count). The van der Waals surface area contributed by atoms with Crippen molar-refractivity contribution in [2.45, 2.75) is 58.7 Å². The molecule has 1 saturated heterocycles. The van der Waals surface area contributed by atoms with Crippen molar-refractivity contribution in [2.75, 3.05) is 20.1 Å². The maximum absolute atomic E-state index is 12.1. The van der Waals surface area contributed by atoms with E-state index in [-0.39, 0.29) is 11.9 Å². The Morgan fingerprint density at radius 1 is 1.33 bits per heavy atom. The fourth-order valence-electron chi connectivity index (χ4n) is 2.22. The maximum Gasteiger partial charge on any atom is 0.310 e. The minimum absolute atomic E-state index is 0.0239. The molecule has 1 aliphatic rings. The van der Waals surface area contributed by atoms with Gasteiger partial charge in [-0.2, -0.15) is 0 Å². The first-order valence-electron chi connectivity index (χ1n) is 6.86. The van der Waals surface area contributed by atoms with Crippen molar-refractivity contribution in [2.24, 2.45) is 5.92 Å². The molecule has 0 aromatic carbocycles. The number of carbonyl (C=O) groups excluding carboxylic acids is 1. The van der Waals surface area contributed by atoms with E-state index in [4.69, 9.17) is 4.74 Å². The molecule has 1 fully saturated rings. The first-order chi connectivity index (χ1) is 8.20. The van der Waals surface area contributed by atoms with Crippen LogP contribution in [-0.4, -0.2) is 48.7 Å². The van der Waals surface area contributed by atoms with Crippen molar-refractivity contribution in [1.82, 2.24) is 10.2 Å². The van der Waals surface area contributed by atoms with Crippen molar-refractivity contribution in [1.29, 1.82) is 0 Å². The third-order valence-electron chi connectivity index (χ3n) is 3.46. The SMILES string of the molecule is CC(C)N(C)[C@@H]1CNC[C@@H](C(=O)OC(C)(C)C)C1. The van der Waals surface area contributed by atoms with E-state index in [0.717, 1.165) is 19.5 Å². The van der Waals surface area contributed by atoms with Crippen LogP contribution in [0.15, 0.2) is 0 Å². The van der Waals surface area contributed by atoms with E-state index >= 15 is 0 Å². The lowest BCUT2D eigenvalue weighted by Gasteiger charge is -2.37. The van der Waals surface area contributed by atoms with Gasteiger partial charge in [-0.05, 0) is 48.1 Å². The minimum Gasteiger partial charge on any atom is -0.460 e. The number of piperidine rings is 1. The number of rotatable bonds is 3. The minimum atomic E-state index is -0.395. The summed E-state index contributed by atoms with van der Waals surface area (Å²) in [6.07, 6.45) is 0.886. The first-order valence-corrected chi connectivity index (χ1v) is 6.86. The summed E-state index contributed by atoms with van der Waals surface area (Å²) in [6, 6.07) is 0.908. The Kier molecular flexibility index (Phi) is 5.17. The fraction of sp³-hybridized carbons (Fsp3) is 0.929. The van der Waals surface area contributed by atoms with Gasteiger partial charge in [-0.25, -0.2) is 0 Å². The number of likely N-dealkylation sites (N-methyl/N-ethyl adjacent to an activating group) is 1. The topological polar surface area (TPSA) is 41.6 Å². The van der Waals surface area contributed by atoms with Gasteiger partial charge in [0.25, 0.3) is 0 Å². The van der Waals surface area contributed by atoms with E-state index in [2.05, 4.69) is 31.1 Å². The zero-order valence-electron chi connectivity index (χ0n) is 12.6. The maximum atomic E-state index is 12.1. The Bertz CT molecular complexity index is 284. The molecule has 0 spiro atoms. The lowest BCUT2D eigenvalue weighted by atomic mass is 9.94. The number of hydrogen-bond donors (Lipinski definition) is 1. The van der Waals surface area contributed by atoms with Gasteiger partial charge >= 0.3 is 5.97 Å². The molecule has 1 N–H and O–H groups in total. The average molecular weight is 256 g/mol. The first kappa shape index (κ1) is 15.4. The van der Waals surface area contributed by atoms with Gasteiger partial charge in [0.15, 0.2) is 0 Å². The van der Waals surface area contributed by atoms with Crippen LogP contribution in [0.2, 0.25) is 0 Å². The van der Waals surface area contributed by atoms with Gasteiger partial charge in [0, 0.05) is 25.2 Å². The quantitative estimate of drug-likeness (QED) is 0.780. The van der Waals surface area contributed by atoms with E-state index in [1.54, 1.807) is 0 Å². The molecular formula is C14H28N2O2. The number of ether oxygens (including phenoxy) is 1. The molecule has 0 aromatic heterocycles. The number of nitrogens with zero attached hydrogens (tertiary/aromatic N) is 1. The molecule has 0 bridgehead atoms. The largest absolute Gasteiger partial charge is 0.460 e. The fourth-order valence-corrected chi connectivity index (χ4v) is 2.22. The third-order valence-corrected chi connectivity index (χ3v) is 3.46. The van der Waals surface area contributed by atoms with Crippen LogP contribution in [0.4, 0.5) is 0 Å². The summed E-state index contributed by atoms with van der Waals surface area (Å²) in [5.74, 6) is -0.0963. The third kappa shape index (κ3) is 4.58. The summed E-state index contributed by atoms with van der Waals surface area (Å²) in [5.41, 5.74) is -0.395. The summed E-state index contributed by atoms with van der Waals surface area (Å²) in [7, 11) is 2.12. The highest BCUT2D eigenvalue weighted by Crippen LogP contribution is 2.20. The molecule has 0 radical (unpaired) electrons. The predicted molar refractivity (Wildman–Crippen MR) is 73.5 cm³/mol.